The minimum Gasteiger partial charge on any atom is -0.494 e. The molecule has 0 spiro atoms. The first-order valence-corrected chi connectivity index (χ1v) is 6.37. The van der Waals surface area contributed by atoms with E-state index < -0.39 is 5.97 Å². The molecule has 0 aliphatic carbocycles. The maximum atomic E-state index is 10.9. The Hall–Kier alpha value is -2.43. The molecule has 0 saturated carbocycles. The number of ether oxygens (including phenoxy) is 1. The Labute approximate surface area is 117 Å². The Morgan fingerprint density at radius 1 is 1.30 bits per heavy atom. The van der Waals surface area contributed by atoms with Crippen LogP contribution in [0.4, 0.5) is 0 Å². The van der Waals surface area contributed by atoms with Gasteiger partial charge in [-0.1, -0.05) is 0 Å². The molecular weight excluding hydrogens is 256 g/mol. The lowest BCUT2D eigenvalue weighted by molar-refractivity contribution is -0.136. The van der Waals surface area contributed by atoms with Crippen LogP contribution in [0.15, 0.2) is 30.5 Å². The van der Waals surface area contributed by atoms with Crippen molar-refractivity contribution >= 4 is 5.97 Å². The number of carboxylic acid groups (broad SMARTS) is 1. The Morgan fingerprint density at radius 3 is 2.60 bits per heavy atom. The monoisotopic (exact) mass is 272 g/mol. The maximum Gasteiger partial charge on any atom is 0.307 e. The normalized spacial score (nSPS) is 10.3. The van der Waals surface area contributed by atoms with Gasteiger partial charge in [0.15, 0.2) is 0 Å². The lowest BCUT2D eigenvalue weighted by atomic mass is 10.0. The van der Waals surface area contributed by atoms with Crippen molar-refractivity contribution < 1.29 is 14.6 Å². The van der Waals surface area contributed by atoms with E-state index in [-0.39, 0.29) is 6.42 Å². The third-order valence-electron chi connectivity index (χ3n) is 2.77. The van der Waals surface area contributed by atoms with Crippen molar-refractivity contribution in [3.05, 3.63) is 41.9 Å². The zero-order valence-electron chi connectivity index (χ0n) is 11.5. The molecule has 20 heavy (non-hydrogen) atoms. The van der Waals surface area contributed by atoms with Gasteiger partial charge in [0.05, 0.1) is 18.7 Å². The Balaban J connectivity index is 2.39. The smallest absolute Gasteiger partial charge is 0.307 e. The molecule has 5 heteroatoms. The molecule has 0 atom stereocenters. The van der Waals surface area contributed by atoms with Crippen LogP contribution >= 0.6 is 0 Å². The first-order chi connectivity index (χ1) is 9.60. The number of aryl methyl sites for hydroxylation is 1. The third kappa shape index (κ3) is 3.32. The zero-order chi connectivity index (χ0) is 14.5. The number of carboxylic acids is 1. The van der Waals surface area contributed by atoms with Crippen molar-refractivity contribution in [1.29, 1.82) is 0 Å². The van der Waals surface area contributed by atoms with E-state index in [0.717, 1.165) is 11.3 Å². The fraction of sp³-hybridized carbons (Fsp3) is 0.267. The summed E-state index contributed by atoms with van der Waals surface area (Å²) in [5, 5.41) is 8.95. The largest absolute Gasteiger partial charge is 0.494 e. The minimum absolute atomic E-state index is 0.0944. The highest BCUT2D eigenvalue weighted by Gasteiger charge is 2.11. The van der Waals surface area contributed by atoms with Crippen molar-refractivity contribution in [2.24, 2.45) is 0 Å². The number of hydrogen-bond donors (Lipinski definition) is 1. The molecule has 5 nitrogen and oxygen atoms in total. The van der Waals surface area contributed by atoms with Crippen LogP contribution in [-0.4, -0.2) is 27.7 Å². The van der Waals surface area contributed by atoms with Crippen molar-refractivity contribution in [1.82, 2.24) is 9.97 Å². The van der Waals surface area contributed by atoms with E-state index in [9.17, 15) is 4.79 Å². The van der Waals surface area contributed by atoms with Crippen LogP contribution in [0.5, 0.6) is 5.75 Å². The number of aromatic nitrogens is 2. The molecule has 0 saturated heterocycles. The Bertz CT molecular complexity index is 609. The molecule has 2 rings (SSSR count). The van der Waals surface area contributed by atoms with Gasteiger partial charge in [0, 0.05) is 17.3 Å². The van der Waals surface area contributed by atoms with E-state index >= 15 is 0 Å². The summed E-state index contributed by atoms with van der Waals surface area (Å²) in [6.45, 7) is 4.31. The molecule has 1 N–H and O–H groups in total. The minimum atomic E-state index is -0.898. The van der Waals surface area contributed by atoms with E-state index in [0.29, 0.717) is 23.7 Å². The molecule has 1 heterocycles. The molecule has 0 radical (unpaired) electrons. The SMILES string of the molecule is CCOc1ccc(-c2nc(C)ncc2CC(=O)O)cc1. The molecule has 0 bridgehead atoms. The van der Waals surface area contributed by atoms with Gasteiger partial charge in [-0.25, -0.2) is 9.97 Å². The number of nitrogens with zero attached hydrogens (tertiary/aromatic N) is 2. The van der Waals surface area contributed by atoms with Crippen molar-refractivity contribution in [3.63, 3.8) is 0 Å². The van der Waals surface area contributed by atoms with Gasteiger partial charge in [-0.05, 0) is 38.1 Å². The van der Waals surface area contributed by atoms with Gasteiger partial charge >= 0.3 is 5.97 Å². The van der Waals surface area contributed by atoms with E-state index in [1.165, 1.54) is 0 Å². The van der Waals surface area contributed by atoms with E-state index in [1.807, 2.05) is 31.2 Å². The lowest BCUT2D eigenvalue weighted by Crippen LogP contribution is -2.05. The van der Waals surface area contributed by atoms with Crippen LogP contribution in [0.2, 0.25) is 0 Å². The van der Waals surface area contributed by atoms with Crippen molar-refractivity contribution in [2.75, 3.05) is 6.61 Å². The molecule has 0 fully saturated rings. The summed E-state index contributed by atoms with van der Waals surface area (Å²) in [4.78, 5) is 19.3. The molecule has 1 aromatic carbocycles. The first-order valence-electron chi connectivity index (χ1n) is 6.37. The molecule has 0 aliphatic heterocycles. The maximum absolute atomic E-state index is 10.9. The molecular formula is C15H16N2O3. The first kappa shape index (κ1) is 14.0. The van der Waals surface area contributed by atoms with Crippen molar-refractivity contribution in [2.45, 2.75) is 20.3 Å². The van der Waals surface area contributed by atoms with Crippen molar-refractivity contribution in [3.8, 4) is 17.0 Å². The second-order valence-corrected chi connectivity index (χ2v) is 4.32. The molecule has 0 amide bonds. The van der Waals surface area contributed by atoms with Gasteiger partial charge in [-0.15, -0.1) is 0 Å². The Morgan fingerprint density at radius 2 is 2.00 bits per heavy atom. The average molecular weight is 272 g/mol. The summed E-state index contributed by atoms with van der Waals surface area (Å²) in [6, 6.07) is 7.44. The lowest BCUT2D eigenvalue weighted by Gasteiger charge is -2.09. The number of hydrogen-bond acceptors (Lipinski definition) is 4. The van der Waals surface area contributed by atoms with Crippen LogP contribution in [0, 0.1) is 6.92 Å². The van der Waals surface area contributed by atoms with Gasteiger partial charge < -0.3 is 9.84 Å². The molecule has 2 aromatic rings. The molecule has 104 valence electrons. The van der Waals surface area contributed by atoms with Gasteiger partial charge in [-0.2, -0.15) is 0 Å². The predicted octanol–water partition coefficient (Wildman–Crippen LogP) is 2.48. The second-order valence-electron chi connectivity index (χ2n) is 4.32. The van der Waals surface area contributed by atoms with E-state index in [2.05, 4.69) is 9.97 Å². The van der Waals surface area contributed by atoms with Crippen LogP contribution in [0.1, 0.15) is 18.3 Å². The van der Waals surface area contributed by atoms with E-state index in [1.54, 1.807) is 13.1 Å². The Kier molecular flexibility index (Phi) is 4.30. The van der Waals surface area contributed by atoms with E-state index in [4.69, 9.17) is 9.84 Å². The number of benzene rings is 1. The third-order valence-corrected chi connectivity index (χ3v) is 2.77. The fourth-order valence-corrected chi connectivity index (χ4v) is 1.91. The number of carbonyl (C=O) groups is 1. The number of rotatable bonds is 5. The van der Waals surface area contributed by atoms with Crippen LogP contribution in [0.3, 0.4) is 0 Å². The molecule has 0 aliphatic rings. The summed E-state index contributed by atoms with van der Waals surface area (Å²) in [5.41, 5.74) is 2.12. The van der Waals surface area contributed by atoms with Gasteiger partial charge in [0.2, 0.25) is 0 Å². The highest BCUT2D eigenvalue weighted by molar-refractivity contribution is 5.74. The summed E-state index contributed by atoms with van der Waals surface area (Å²) < 4.78 is 5.39. The summed E-state index contributed by atoms with van der Waals surface area (Å²) in [6.07, 6.45) is 1.48. The second kappa shape index (κ2) is 6.14. The van der Waals surface area contributed by atoms with Crippen LogP contribution in [0.25, 0.3) is 11.3 Å². The topological polar surface area (TPSA) is 72.3 Å². The van der Waals surface area contributed by atoms with Crippen LogP contribution in [-0.2, 0) is 11.2 Å². The molecule has 1 aromatic heterocycles. The standard InChI is InChI=1S/C15H16N2O3/c1-3-20-13-6-4-11(5-7-13)15-12(8-14(18)19)9-16-10(2)17-15/h4-7,9H,3,8H2,1-2H3,(H,18,19). The van der Waals surface area contributed by atoms with Gasteiger partial charge in [0.1, 0.15) is 11.6 Å². The van der Waals surface area contributed by atoms with Crippen LogP contribution < -0.4 is 4.74 Å². The summed E-state index contributed by atoms with van der Waals surface area (Å²) >= 11 is 0. The average Bonchev–Trinajstić information content (AvgIpc) is 2.42. The van der Waals surface area contributed by atoms with Gasteiger partial charge in [-0.3, -0.25) is 4.79 Å². The fourth-order valence-electron chi connectivity index (χ4n) is 1.91. The quantitative estimate of drug-likeness (QED) is 0.905. The highest BCUT2D eigenvalue weighted by Crippen LogP contribution is 2.24. The molecule has 0 unspecified atom stereocenters. The highest BCUT2D eigenvalue weighted by atomic mass is 16.5. The summed E-state index contributed by atoms with van der Waals surface area (Å²) in [7, 11) is 0. The van der Waals surface area contributed by atoms with Gasteiger partial charge in [0.25, 0.3) is 0 Å². The predicted molar refractivity (Wildman–Crippen MR) is 74.7 cm³/mol. The summed E-state index contributed by atoms with van der Waals surface area (Å²) in [5.74, 6) is 0.495. The zero-order valence-corrected chi connectivity index (χ0v) is 11.5. The number of aliphatic carboxylic acids is 1.